The molecule has 0 aromatic heterocycles. The van der Waals surface area contributed by atoms with Crippen LogP contribution in [-0.2, 0) is 4.79 Å². The van der Waals surface area contributed by atoms with Gasteiger partial charge in [0.05, 0.1) is 12.1 Å². The van der Waals surface area contributed by atoms with Gasteiger partial charge in [-0.1, -0.05) is 19.3 Å². The van der Waals surface area contributed by atoms with E-state index in [2.05, 4.69) is 5.32 Å². The number of aliphatic hydroxyl groups excluding tert-OH is 1. The molecule has 2 N–H and O–H groups in total. The predicted octanol–water partition coefficient (Wildman–Crippen LogP) is 1.28. The summed E-state index contributed by atoms with van der Waals surface area (Å²) in [5, 5.41) is 12.6. The Morgan fingerprint density at radius 1 is 1.11 bits per heavy atom. The largest absolute Gasteiger partial charge is 0.392 e. The third-order valence-corrected chi connectivity index (χ3v) is 5.46. The van der Waals surface area contributed by atoms with Crippen molar-refractivity contribution in [2.45, 2.75) is 63.5 Å². The fourth-order valence-electron chi connectivity index (χ4n) is 4.13. The number of hydrogen-bond donors (Lipinski definition) is 2. The van der Waals surface area contributed by atoms with Gasteiger partial charge < -0.3 is 15.3 Å². The molecule has 3 aliphatic rings. The van der Waals surface area contributed by atoms with Gasteiger partial charge in [0.15, 0.2) is 0 Å². The number of carbonyl (C=O) groups excluding carboxylic acids is 1. The molecule has 108 valence electrons. The topological polar surface area (TPSA) is 52.6 Å². The molecule has 1 amide bonds. The number of likely N-dealkylation sites (tertiary alicyclic amines) is 1. The van der Waals surface area contributed by atoms with Crippen molar-refractivity contribution in [3.8, 4) is 0 Å². The van der Waals surface area contributed by atoms with Gasteiger partial charge in [-0.15, -0.1) is 0 Å². The first-order valence-corrected chi connectivity index (χ1v) is 7.89. The third kappa shape index (κ3) is 2.79. The summed E-state index contributed by atoms with van der Waals surface area (Å²) in [6.45, 7) is 2.41. The fourth-order valence-corrected chi connectivity index (χ4v) is 4.13. The van der Waals surface area contributed by atoms with Crippen LogP contribution in [0.15, 0.2) is 0 Å². The lowest BCUT2D eigenvalue weighted by atomic mass is 9.68. The van der Waals surface area contributed by atoms with Gasteiger partial charge in [0, 0.05) is 19.6 Å². The number of piperidine rings is 1. The van der Waals surface area contributed by atoms with Crippen LogP contribution in [0.2, 0.25) is 0 Å². The van der Waals surface area contributed by atoms with E-state index in [1.807, 2.05) is 4.90 Å². The SMILES string of the molecule is O=C([C@H]1C[C@@H](O)CN1)N1CCC2(CCCCC2)CC1. The maximum Gasteiger partial charge on any atom is 0.239 e. The van der Waals surface area contributed by atoms with Gasteiger partial charge in [-0.3, -0.25) is 4.79 Å². The smallest absolute Gasteiger partial charge is 0.239 e. The normalized spacial score (nSPS) is 34.7. The zero-order valence-corrected chi connectivity index (χ0v) is 11.7. The molecule has 1 saturated carbocycles. The van der Waals surface area contributed by atoms with Gasteiger partial charge in [-0.2, -0.15) is 0 Å². The van der Waals surface area contributed by atoms with Crippen LogP contribution in [0.1, 0.15) is 51.4 Å². The Hall–Kier alpha value is -0.610. The molecule has 2 aliphatic heterocycles. The first-order chi connectivity index (χ1) is 9.19. The molecule has 0 aromatic rings. The second-order valence-electron chi connectivity index (χ2n) is 6.74. The Kier molecular flexibility index (Phi) is 3.81. The van der Waals surface area contributed by atoms with Crippen molar-refractivity contribution in [3.05, 3.63) is 0 Å². The van der Waals surface area contributed by atoms with E-state index in [4.69, 9.17) is 0 Å². The van der Waals surface area contributed by atoms with Crippen LogP contribution in [0.25, 0.3) is 0 Å². The van der Waals surface area contributed by atoms with E-state index >= 15 is 0 Å². The summed E-state index contributed by atoms with van der Waals surface area (Å²) in [5.41, 5.74) is 0.553. The fraction of sp³-hybridized carbons (Fsp3) is 0.933. The maximum atomic E-state index is 12.4. The van der Waals surface area contributed by atoms with Crippen LogP contribution < -0.4 is 5.32 Å². The first-order valence-electron chi connectivity index (χ1n) is 7.89. The van der Waals surface area contributed by atoms with E-state index < -0.39 is 0 Å². The molecule has 0 bridgehead atoms. The lowest BCUT2D eigenvalue weighted by Gasteiger charge is -2.44. The molecule has 4 nitrogen and oxygen atoms in total. The monoisotopic (exact) mass is 266 g/mol. The minimum Gasteiger partial charge on any atom is -0.392 e. The molecule has 0 radical (unpaired) electrons. The summed E-state index contributed by atoms with van der Waals surface area (Å²) < 4.78 is 0. The summed E-state index contributed by atoms with van der Waals surface area (Å²) in [7, 11) is 0. The van der Waals surface area contributed by atoms with Crippen molar-refractivity contribution >= 4 is 5.91 Å². The van der Waals surface area contributed by atoms with Crippen LogP contribution in [0.4, 0.5) is 0 Å². The van der Waals surface area contributed by atoms with Gasteiger partial charge in [0.2, 0.25) is 5.91 Å². The minimum absolute atomic E-state index is 0.143. The number of nitrogens with one attached hydrogen (secondary N) is 1. The minimum atomic E-state index is -0.344. The van der Waals surface area contributed by atoms with Crippen molar-refractivity contribution in [1.29, 1.82) is 0 Å². The summed E-state index contributed by atoms with van der Waals surface area (Å²) in [6.07, 6.45) is 9.51. The highest BCUT2D eigenvalue weighted by Crippen LogP contribution is 2.44. The van der Waals surface area contributed by atoms with Crippen molar-refractivity contribution in [3.63, 3.8) is 0 Å². The van der Waals surface area contributed by atoms with E-state index in [9.17, 15) is 9.90 Å². The maximum absolute atomic E-state index is 12.4. The lowest BCUT2D eigenvalue weighted by molar-refractivity contribution is -0.136. The van der Waals surface area contributed by atoms with Crippen LogP contribution in [-0.4, -0.2) is 47.7 Å². The third-order valence-electron chi connectivity index (χ3n) is 5.46. The Balaban J connectivity index is 1.53. The molecule has 3 fully saturated rings. The highest BCUT2D eigenvalue weighted by Gasteiger charge is 2.39. The van der Waals surface area contributed by atoms with E-state index in [0.717, 1.165) is 13.1 Å². The molecular weight excluding hydrogens is 240 g/mol. The molecule has 1 spiro atoms. The van der Waals surface area contributed by atoms with Crippen molar-refractivity contribution in [2.24, 2.45) is 5.41 Å². The van der Waals surface area contributed by atoms with Gasteiger partial charge in [-0.05, 0) is 37.5 Å². The van der Waals surface area contributed by atoms with Crippen molar-refractivity contribution < 1.29 is 9.90 Å². The zero-order valence-electron chi connectivity index (χ0n) is 11.7. The second kappa shape index (κ2) is 5.41. The van der Waals surface area contributed by atoms with Crippen LogP contribution in [0, 0.1) is 5.41 Å². The summed E-state index contributed by atoms with van der Waals surface area (Å²) in [4.78, 5) is 14.4. The molecule has 1 aliphatic carbocycles. The van der Waals surface area contributed by atoms with E-state index in [0.29, 0.717) is 18.4 Å². The summed E-state index contributed by atoms with van der Waals surface area (Å²) >= 11 is 0. The summed E-state index contributed by atoms with van der Waals surface area (Å²) in [5.74, 6) is 0.210. The number of amides is 1. The van der Waals surface area contributed by atoms with Gasteiger partial charge in [0.1, 0.15) is 0 Å². The number of nitrogens with zero attached hydrogens (tertiary/aromatic N) is 1. The highest BCUT2D eigenvalue weighted by atomic mass is 16.3. The Morgan fingerprint density at radius 3 is 2.37 bits per heavy atom. The van der Waals surface area contributed by atoms with E-state index in [1.165, 1.54) is 44.9 Å². The number of aliphatic hydroxyl groups is 1. The Labute approximate surface area is 115 Å². The van der Waals surface area contributed by atoms with Gasteiger partial charge in [0.25, 0.3) is 0 Å². The Bertz CT molecular complexity index is 329. The quantitative estimate of drug-likeness (QED) is 0.752. The number of carbonyl (C=O) groups is 1. The van der Waals surface area contributed by atoms with Gasteiger partial charge in [-0.25, -0.2) is 0 Å². The van der Waals surface area contributed by atoms with Crippen molar-refractivity contribution in [2.75, 3.05) is 19.6 Å². The lowest BCUT2D eigenvalue weighted by Crippen LogP contribution is -2.49. The van der Waals surface area contributed by atoms with Gasteiger partial charge >= 0.3 is 0 Å². The standard InChI is InChI=1S/C15H26N2O2/c18-12-10-13(16-11-12)14(19)17-8-6-15(7-9-17)4-2-1-3-5-15/h12-13,16,18H,1-11H2/t12-,13-/m1/s1. The highest BCUT2D eigenvalue weighted by molar-refractivity contribution is 5.82. The van der Waals surface area contributed by atoms with E-state index in [-0.39, 0.29) is 18.1 Å². The molecule has 2 atom stereocenters. The average Bonchev–Trinajstić information content (AvgIpc) is 2.87. The molecule has 2 heterocycles. The number of β-amino-alcohol motifs (C(OH)–C–C–N with tert-alkyl or cyclic N) is 1. The second-order valence-corrected chi connectivity index (χ2v) is 6.74. The van der Waals surface area contributed by atoms with Crippen molar-refractivity contribution in [1.82, 2.24) is 10.2 Å². The Morgan fingerprint density at radius 2 is 1.79 bits per heavy atom. The molecule has 2 saturated heterocycles. The molecule has 3 rings (SSSR count). The molecular formula is C15H26N2O2. The first kappa shape index (κ1) is 13.4. The zero-order chi connectivity index (χ0) is 13.3. The summed E-state index contributed by atoms with van der Waals surface area (Å²) in [6, 6.07) is -0.143. The number of rotatable bonds is 1. The van der Waals surface area contributed by atoms with E-state index in [1.54, 1.807) is 0 Å². The van der Waals surface area contributed by atoms with Crippen LogP contribution in [0.3, 0.4) is 0 Å². The average molecular weight is 266 g/mol. The molecule has 0 aromatic carbocycles. The molecule has 0 unspecified atom stereocenters. The number of hydrogen-bond acceptors (Lipinski definition) is 3. The predicted molar refractivity (Wildman–Crippen MR) is 73.7 cm³/mol. The molecule has 19 heavy (non-hydrogen) atoms. The molecule has 4 heteroatoms. The van der Waals surface area contributed by atoms with Crippen LogP contribution >= 0.6 is 0 Å². The van der Waals surface area contributed by atoms with Crippen LogP contribution in [0.5, 0.6) is 0 Å².